The molecule has 5 rings (SSSR count). The predicted molar refractivity (Wildman–Crippen MR) is 114 cm³/mol. The number of likely N-dealkylation sites (tertiary alicyclic amines) is 1. The lowest BCUT2D eigenvalue weighted by molar-refractivity contribution is 0.171. The van der Waals surface area contributed by atoms with Gasteiger partial charge in [0.05, 0.1) is 12.8 Å². The van der Waals surface area contributed by atoms with Crippen molar-refractivity contribution in [1.29, 1.82) is 0 Å². The van der Waals surface area contributed by atoms with Gasteiger partial charge in [0.15, 0.2) is 17.3 Å². The topological polar surface area (TPSA) is 89.6 Å². The first-order chi connectivity index (χ1) is 15.2. The monoisotopic (exact) mass is 420 g/mol. The Balaban J connectivity index is 1.36. The fourth-order valence-corrected chi connectivity index (χ4v) is 4.28. The summed E-state index contributed by atoms with van der Waals surface area (Å²) in [7, 11) is 1.63. The average Bonchev–Trinajstić information content (AvgIpc) is 3.27. The Kier molecular flexibility index (Phi) is 5.30. The lowest BCUT2D eigenvalue weighted by atomic mass is 9.94. The van der Waals surface area contributed by atoms with E-state index in [0.717, 1.165) is 49.5 Å². The molecule has 1 aromatic carbocycles. The van der Waals surface area contributed by atoms with Crippen LogP contribution in [0, 0.1) is 0 Å². The lowest BCUT2D eigenvalue weighted by Gasteiger charge is -2.32. The first kappa shape index (κ1) is 19.6. The first-order valence-corrected chi connectivity index (χ1v) is 10.4. The van der Waals surface area contributed by atoms with Gasteiger partial charge in [-0.1, -0.05) is 6.07 Å². The molecule has 1 unspecified atom stereocenters. The number of rotatable bonds is 5. The second kappa shape index (κ2) is 8.39. The molecule has 1 N–H and O–H groups in total. The van der Waals surface area contributed by atoms with Crippen LogP contribution in [0.3, 0.4) is 0 Å². The summed E-state index contributed by atoms with van der Waals surface area (Å²) < 4.78 is 16.5. The summed E-state index contributed by atoms with van der Waals surface area (Å²) in [6.45, 7) is 2.80. The Morgan fingerprint density at radius 2 is 2.19 bits per heavy atom. The number of nitrogens with zero attached hydrogens (tertiary/aromatic N) is 3. The van der Waals surface area contributed by atoms with Crippen molar-refractivity contribution in [3.8, 4) is 28.8 Å². The number of H-pyrrole nitrogens is 1. The molecule has 0 bridgehead atoms. The Labute approximate surface area is 179 Å². The van der Waals surface area contributed by atoms with E-state index in [1.807, 2.05) is 30.3 Å². The molecular formula is C23H24N4O4. The Morgan fingerprint density at radius 1 is 1.26 bits per heavy atom. The van der Waals surface area contributed by atoms with E-state index in [1.165, 1.54) is 0 Å². The van der Waals surface area contributed by atoms with Crippen molar-refractivity contribution in [2.45, 2.75) is 25.3 Å². The maximum atomic E-state index is 12.3. The van der Waals surface area contributed by atoms with Gasteiger partial charge in [0.2, 0.25) is 12.5 Å². The van der Waals surface area contributed by atoms with Gasteiger partial charge in [-0.3, -0.25) is 14.7 Å². The van der Waals surface area contributed by atoms with Crippen molar-refractivity contribution in [2.75, 3.05) is 27.0 Å². The van der Waals surface area contributed by atoms with E-state index < -0.39 is 0 Å². The Morgan fingerprint density at radius 3 is 3.03 bits per heavy atom. The van der Waals surface area contributed by atoms with Crippen molar-refractivity contribution in [2.24, 2.45) is 0 Å². The molecule has 0 aliphatic carbocycles. The zero-order valence-corrected chi connectivity index (χ0v) is 17.3. The molecule has 0 spiro atoms. The van der Waals surface area contributed by atoms with Crippen LogP contribution in [-0.4, -0.2) is 46.8 Å². The molecule has 4 heterocycles. The molecule has 8 nitrogen and oxygen atoms in total. The van der Waals surface area contributed by atoms with Crippen molar-refractivity contribution >= 4 is 0 Å². The van der Waals surface area contributed by atoms with E-state index in [0.29, 0.717) is 23.0 Å². The van der Waals surface area contributed by atoms with Crippen LogP contribution in [0.5, 0.6) is 17.2 Å². The highest BCUT2D eigenvalue weighted by Gasteiger charge is 2.25. The lowest BCUT2D eigenvalue weighted by Crippen LogP contribution is -2.34. The fourth-order valence-electron chi connectivity index (χ4n) is 4.28. The summed E-state index contributed by atoms with van der Waals surface area (Å²) in [6.07, 6.45) is 3.74. The summed E-state index contributed by atoms with van der Waals surface area (Å²) in [6, 6.07) is 11.2. The zero-order chi connectivity index (χ0) is 21.2. The second-order valence-corrected chi connectivity index (χ2v) is 7.84. The maximum absolute atomic E-state index is 12.3. The van der Waals surface area contributed by atoms with Crippen LogP contribution >= 0.6 is 0 Å². The van der Waals surface area contributed by atoms with Crippen molar-refractivity contribution in [3.05, 3.63) is 64.2 Å². The Hall–Kier alpha value is -3.39. The minimum Gasteiger partial charge on any atom is -0.493 e. The SMILES string of the molecule is COc1cc(CN2CCCC(c3cc(=O)[nH]c(-c4ccccn4)n3)C2)cc2c1OCO2. The van der Waals surface area contributed by atoms with Gasteiger partial charge in [-0.15, -0.1) is 0 Å². The minimum absolute atomic E-state index is 0.150. The molecule has 2 aromatic heterocycles. The third-order valence-corrected chi connectivity index (χ3v) is 5.72. The highest BCUT2D eigenvalue weighted by atomic mass is 16.7. The Bertz CT molecular complexity index is 1130. The van der Waals surface area contributed by atoms with Crippen molar-refractivity contribution in [3.63, 3.8) is 0 Å². The summed E-state index contributed by atoms with van der Waals surface area (Å²) >= 11 is 0. The predicted octanol–water partition coefficient (Wildman–Crippen LogP) is 2.95. The number of aromatic nitrogens is 3. The van der Waals surface area contributed by atoms with Crippen LogP contribution in [0.4, 0.5) is 0 Å². The maximum Gasteiger partial charge on any atom is 0.251 e. The third-order valence-electron chi connectivity index (χ3n) is 5.72. The van der Waals surface area contributed by atoms with E-state index in [-0.39, 0.29) is 18.3 Å². The number of aromatic amines is 1. The van der Waals surface area contributed by atoms with Crippen molar-refractivity contribution in [1.82, 2.24) is 19.9 Å². The number of pyridine rings is 1. The molecule has 0 saturated carbocycles. The normalized spacial score (nSPS) is 18.2. The standard InChI is InChI=1S/C23H24N4O4/c1-29-19-9-15(10-20-22(19)31-14-30-20)12-27-8-4-5-16(13-27)18-11-21(28)26-23(25-18)17-6-2-3-7-24-17/h2-3,6-7,9-11,16H,4-5,8,12-14H2,1H3,(H,25,26,28). The molecule has 0 amide bonds. The summed E-state index contributed by atoms with van der Waals surface area (Å²) in [4.78, 5) is 26.6. The largest absolute Gasteiger partial charge is 0.493 e. The number of ether oxygens (including phenoxy) is 3. The fraction of sp³-hybridized carbons (Fsp3) is 0.348. The molecule has 160 valence electrons. The molecule has 3 aromatic rings. The van der Waals surface area contributed by atoms with Crippen LogP contribution in [-0.2, 0) is 6.54 Å². The number of hydrogen-bond donors (Lipinski definition) is 1. The first-order valence-electron chi connectivity index (χ1n) is 10.4. The molecule has 1 atom stereocenters. The zero-order valence-electron chi connectivity index (χ0n) is 17.3. The number of hydrogen-bond acceptors (Lipinski definition) is 7. The summed E-state index contributed by atoms with van der Waals surface area (Å²) in [5.74, 6) is 2.78. The molecule has 31 heavy (non-hydrogen) atoms. The molecule has 1 fully saturated rings. The van der Waals surface area contributed by atoms with Crippen LogP contribution in [0.1, 0.15) is 30.0 Å². The van der Waals surface area contributed by atoms with E-state index in [1.54, 1.807) is 19.4 Å². The molecule has 1 saturated heterocycles. The van der Waals surface area contributed by atoms with Gasteiger partial charge < -0.3 is 19.2 Å². The number of benzene rings is 1. The molecular weight excluding hydrogens is 396 g/mol. The van der Waals surface area contributed by atoms with E-state index in [9.17, 15) is 4.79 Å². The van der Waals surface area contributed by atoms with Gasteiger partial charge in [-0.25, -0.2) is 4.98 Å². The average molecular weight is 420 g/mol. The van der Waals surface area contributed by atoms with Crippen LogP contribution in [0.2, 0.25) is 0 Å². The number of methoxy groups -OCH3 is 1. The van der Waals surface area contributed by atoms with Gasteiger partial charge in [-0.2, -0.15) is 0 Å². The van der Waals surface area contributed by atoms with Crippen LogP contribution < -0.4 is 19.8 Å². The number of fused-ring (bicyclic) bond motifs is 1. The summed E-state index contributed by atoms with van der Waals surface area (Å²) in [5, 5.41) is 0. The van der Waals surface area contributed by atoms with E-state index >= 15 is 0 Å². The second-order valence-electron chi connectivity index (χ2n) is 7.84. The van der Waals surface area contributed by atoms with E-state index in [4.69, 9.17) is 19.2 Å². The van der Waals surface area contributed by atoms with Gasteiger partial charge in [0.1, 0.15) is 5.69 Å². The summed E-state index contributed by atoms with van der Waals surface area (Å²) in [5.41, 5.74) is 2.44. The number of nitrogens with one attached hydrogen (secondary N) is 1. The molecule has 2 aliphatic rings. The van der Waals surface area contributed by atoms with Crippen LogP contribution in [0.25, 0.3) is 11.5 Å². The van der Waals surface area contributed by atoms with Gasteiger partial charge in [0, 0.05) is 31.3 Å². The molecule has 2 aliphatic heterocycles. The van der Waals surface area contributed by atoms with E-state index in [2.05, 4.69) is 14.9 Å². The van der Waals surface area contributed by atoms with Crippen LogP contribution in [0.15, 0.2) is 47.4 Å². The number of piperidine rings is 1. The third kappa shape index (κ3) is 4.11. The van der Waals surface area contributed by atoms with Crippen molar-refractivity contribution < 1.29 is 14.2 Å². The molecule has 0 radical (unpaired) electrons. The van der Waals surface area contributed by atoms with Gasteiger partial charge in [-0.05, 0) is 49.2 Å². The highest BCUT2D eigenvalue weighted by molar-refractivity contribution is 5.55. The molecule has 8 heteroatoms. The van der Waals surface area contributed by atoms with Gasteiger partial charge >= 0.3 is 0 Å². The quantitative estimate of drug-likeness (QED) is 0.679. The minimum atomic E-state index is -0.150. The smallest absolute Gasteiger partial charge is 0.251 e. The highest BCUT2D eigenvalue weighted by Crippen LogP contribution is 2.42. The van der Waals surface area contributed by atoms with Gasteiger partial charge in [0.25, 0.3) is 5.56 Å².